The molecule has 0 aromatic heterocycles. The molecule has 0 radical (unpaired) electrons. The summed E-state index contributed by atoms with van der Waals surface area (Å²) in [5.41, 5.74) is 0.899. The highest BCUT2D eigenvalue weighted by Crippen LogP contribution is 2.25. The molecule has 4 heteroatoms. The van der Waals surface area contributed by atoms with Crippen molar-refractivity contribution in [1.29, 1.82) is 0 Å². The highest BCUT2D eigenvalue weighted by molar-refractivity contribution is 6.32. The van der Waals surface area contributed by atoms with E-state index in [2.05, 4.69) is 4.74 Å². The van der Waals surface area contributed by atoms with Gasteiger partial charge < -0.3 is 9.84 Å². The highest BCUT2D eigenvalue weighted by atomic mass is 35.5. The van der Waals surface area contributed by atoms with Crippen LogP contribution in [0.1, 0.15) is 5.56 Å². The first kappa shape index (κ1) is 8.87. The lowest BCUT2D eigenvalue weighted by molar-refractivity contribution is 0.144. The lowest BCUT2D eigenvalue weighted by Gasteiger charge is -2.02. The van der Waals surface area contributed by atoms with E-state index < -0.39 is 6.16 Å². The summed E-state index contributed by atoms with van der Waals surface area (Å²) in [6, 6.07) is 4.93. The van der Waals surface area contributed by atoms with Crippen LogP contribution in [0.15, 0.2) is 18.2 Å². The third-order valence-corrected chi connectivity index (χ3v) is 1.60. The minimum Gasteiger partial charge on any atom is -0.449 e. The van der Waals surface area contributed by atoms with Gasteiger partial charge in [-0.05, 0) is 24.6 Å². The second kappa shape index (κ2) is 3.45. The van der Waals surface area contributed by atoms with Crippen LogP contribution in [0.2, 0.25) is 5.02 Å². The summed E-state index contributed by atoms with van der Waals surface area (Å²) in [7, 11) is 0. The smallest absolute Gasteiger partial charge is 0.449 e. The van der Waals surface area contributed by atoms with Gasteiger partial charge in [-0.2, -0.15) is 0 Å². The average molecular weight is 187 g/mol. The van der Waals surface area contributed by atoms with Gasteiger partial charge in [0.05, 0.1) is 5.02 Å². The van der Waals surface area contributed by atoms with Crippen molar-refractivity contribution in [3.05, 3.63) is 28.8 Å². The lowest BCUT2D eigenvalue weighted by Crippen LogP contribution is -2.03. The Morgan fingerprint density at radius 2 is 2.25 bits per heavy atom. The number of hydrogen-bond donors (Lipinski definition) is 1. The van der Waals surface area contributed by atoms with Gasteiger partial charge in [-0.15, -0.1) is 0 Å². The molecule has 0 saturated carbocycles. The van der Waals surface area contributed by atoms with E-state index in [9.17, 15) is 4.79 Å². The van der Waals surface area contributed by atoms with Crippen LogP contribution in [0.3, 0.4) is 0 Å². The van der Waals surface area contributed by atoms with Crippen molar-refractivity contribution in [2.45, 2.75) is 6.92 Å². The fraction of sp³-hybridized carbons (Fsp3) is 0.125. The van der Waals surface area contributed by atoms with Crippen molar-refractivity contribution in [3.63, 3.8) is 0 Å². The van der Waals surface area contributed by atoms with Crippen molar-refractivity contribution < 1.29 is 14.6 Å². The third-order valence-electron chi connectivity index (χ3n) is 1.28. The molecule has 0 bridgehead atoms. The first-order valence-electron chi connectivity index (χ1n) is 3.26. The van der Waals surface area contributed by atoms with Crippen molar-refractivity contribution in [2.24, 2.45) is 0 Å². The van der Waals surface area contributed by atoms with Crippen molar-refractivity contribution in [2.75, 3.05) is 0 Å². The predicted molar refractivity (Wildman–Crippen MR) is 44.8 cm³/mol. The standard InChI is InChI=1S/C8H7ClO3/c1-5-2-3-6(9)7(4-5)12-8(10)11/h2-4H,1H3,(H,10,11). The summed E-state index contributed by atoms with van der Waals surface area (Å²) in [6.07, 6.45) is -1.36. The highest BCUT2D eigenvalue weighted by Gasteiger charge is 2.05. The van der Waals surface area contributed by atoms with Crippen LogP contribution in [-0.4, -0.2) is 11.3 Å². The third kappa shape index (κ3) is 2.13. The Labute approximate surface area is 74.5 Å². The largest absolute Gasteiger partial charge is 0.511 e. The molecule has 0 aliphatic carbocycles. The van der Waals surface area contributed by atoms with E-state index in [1.54, 1.807) is 18.2 Å². The molecule has 0 spiro atoms. The summed E-state index contributed by atoms with van der Waals surface area (Å²) in [6.45, 7) is 1.82. The van der Waals surface area contributed by atoms with Gasteiger partial charge in [0.1, 0.15) is 0 Å². The van der Waals surface area contributed by atoms with E-state index in [1.165, 1.54) is 0 Å². The van der Waals surface area contributed by atoms with Gasteiger partial charge in [0.25, 0.3) is 0 Å². The van der Waals surface area contributed by atoms with E-state index in [0.29, 0.717) is 5.02 Å². The Kier molecular flexibility index (Phi) is 2.55. The molecule has 0 saturated heterocycles. The minimum atomic E-state index is -1.36. The molecule has 1 rings (SSSR count). The number of hydrogen-bond acceptors (Lipinski definition) is 2. The van der Waals surface area contributed by atoms with Gasteiger partial charge in [0, 0.05) is 0 Å². The zero-order chi connectivity index (χ0) is 9.14. The summed E-state index contributed by atoms with van der Waals surface area (Å²) in [5.74, 6) is 0.171. The Morgan fingerprint density at radius 1 is 1.58 bits per heavy atom. The SMILES string of the molecule is Cc1ccc(Cl)c(OC(=O)O)c1. The molecular weight excluding hydrogens is 180 g/mol. The summed E-state index contributed by atoms with van der Waals surface area (Å²) >= 11 is 5.65. The molecule has 0 unspecified atom stereocenters. The van der Waals surface area contributed by atoms with Crippen molar-refractivity contribution in [3.8, 4) is 5.75 Å². The van der Waals surface area contributed by atoms with E-state index in [4.69, 9.17) is 16.7 Å². The molecule has 1 N–H and O–H groups in total. The van der Waals surface area contributed by atoms with Gasteiger partial charge in [-0.1, -0.05) is 17.7 Å². The number of carboxylic acid groups (broad SMARTS) is 1. The number of aryl methyl sites for hydroxylation is 1. The molecule has 64 valence electrons. The molecule has 3 nitrogen and oxygen atoms in total. The summed E-state index contributed by atoms with van der Waals surface area (Å²) in [5, 5.41) is 8.60. The van der Waals surface area contributed by atoms with Crippen LogP contribution >= 0.6 is 11.6 Å². The topological polar surface area (TPSA) is 46.5 Å². The van der Waals surface area contributed by atoms with Gasteiger partial charge in [-0.3, -0.25) is 0 Å². The van der Waals surface area contributed by atoms with E-state index in [-0.39, 0.29) is 5.75 Å². The molecule has 0 aliphatic rings. The Bertz CT molecular complexity index is 309. The zero-order valence-electron chi connectivity index (χ0n) is 6.37. The average Bonchev–Trinajstić information content (AvgIpc) is 1.96. The van der Waals surface area contributed by atoms with Gasteiger partial charge >= 0.3 is 6.16 Å². The molecule has 0 aliphatic heterocycles. The Morgan fingerprint density at radius 3 is 2.83 bits per heavy atom. The first-order chi connectivity index (χ1) is 5.59. The molecule has 1 aromatic rings. The number of ether oxygens (including phenoxy) is 1. The summed E-state index contributed by atoms with van der Waals surface area (Å²) in [4.78, 5) is 10.2. The number of carbonyl (C=O) groups is 1. The molecule has 1 aromatic carbocycles. The number of halogens is 1. The second-order valence-electron chi connectivity index (χ2n) is 2.30. The first-order valence-corrected chi connectivity index (χ1v) is 3.64. The maximum atomic E-state index is 10.2. The fourth-order valence-corrected chi connectivity index (χ4v) is 0.939. The van der Waals surface area contributed by atoms with Crippen LogP contribution in [0.25, 0.3) is 0 Å². The van der Waals surface area contributed by atoms with E-state index in [0.717, 1.165) is 5.56 Å². The monoisotopic (exact) mass is 186 g/mol. The van der Waals surface area contributed by atoms with Gasteiger partial charge in [0.2, 0.25) is 0 Å². The molecule has 0 atom stereocenters. The Balaban J connectivity index is 2.97. The lowest BCUT2D eigenvalue weighted by atomic mass is 10.2. The van der Waals surface area contributed by atoms with Crippen molar-refractivity contribution >= 4 is 17.8 Å². The van der Waals surface area contributed by atoms with Crippen LogP contribution in [0, 0.1) is 6.92 Å². The minimum absolute atomic E-state index is 0.171. The quantitative estimate of drug-likeness (QED) is 0.542. The fourth-order valence-electron chi connectivity index (χ4n) is 0.783. The molecule has 0 fully saturated rings. The van der Waals surface area contributed by atoms with Crippen LogP contribution in [-0.2, 0) is 0 Å². The summed E-state index contributed by atoms with van der Waals surface area (Å²) < 4.78 is 4.41. The van der Waals surface area contributed by atoms with E-state index in [1.807, 2.05) is 6.92 Å². The maximum Gasteiger partial charge on any atom is 0.511 e. The van der Waals surface area contributed by atoms with Crippen LogP contribution in [0.4, 0.5) is 4.79 Å². The molecule has 0 heterocycles. The molecule has 0 amide bonds. The van der Waals surface area contributed by atoms with Crippen molar-refractivity contribution in [1.82, 2.24) is 0 Å². The van der Waals surface area contributed by atoms with Crippen LogP contribution in [0.5, 0.6) is 5.75 Å². The zero-order valence-corrected chi connectivity index (χ0v) is 7.13. The molecular formula is C8H7ClO3. The van der Waals surface area contributed by atoms with Crippen LogP contribution < -0.4 is 4.74 Å². The molecule has 12 heavy (non-hydrogen) atoms. The van der Waals surface area contributed by atoms with Gasteiger partial charge in [0.15, 0.2) is 5.75 Å². The predicted octanol–water partition coefficient (Wildman–Crippen LogP) is 2.71. The van der Waals surface area contributed by atoms with E-state index >= 15 is 0 Å². The maximum absolute atomic E-state index is 10.2. The van der Waals surface area contributed by atoms with Gasteiger partial charge in [-0.25, -0.2) is 4.79 Å². The number of benzene rings is 1. The number of rotatable bonds is 1. The second-order valence-corrected chi connectivity index (χ2v) is 2.71. The Hall–Kier alpha value is -1.22. The normalized spacial score (nSPS) is 9.50.